The van der Waals surface area contributed by atoms with Gasteiger partial charge in [0.25, 0.3) is 0 Å². The first-order chi connectivity index (χ1) is 7.38. The predicted octanol–water partition coefficient (Wildman–Crippen LogP) is 0.255. The van der Waals surface area contributed by atoms with E-state index in [1.165, 1.54) is 19.3 Å². The molecule has 5 nitrogen and oxygen atoms in total. The molecule has 1 aliphatic rings. The minimum Gasteiger partial charge on any atom is -0.339 e. The van der Waals surface area contributed by atoms with Crippen LogP contribution in [-0.4, -0.2) is 29.3 Å². The van der Waals surface area contributed by atoms with Crippen LogP contribution in [0, 0.1) is 0 Å². The lowest BCUT2D eigenvalue weighted by atomic mass is 10.0. The lowest BCUT2D eigenvalue weighted by Gasteiger charge is -2.21. The highest BCUT2D eigenvalue weighted by molar-refractivity contribution is 4.90. The molecule has 0 radical (unpaired) electrons. The van der Waals surface area contributed by atoms with Crippen molar-refractivity contribution in [2.45, 2.75) is 38.1 Å². The van der Waals surface area contributed by atoms with E-state index in [9.17, 15) is 0 Å². The first kappa shape index (κ1) is 10.6. The van der Waals surface area contributed by atoms with E-state index in [-0.39, 0.29) is 0 Å². The third-order valence-electron chi connectivity index (χ3n) is 2.71. The lowest BCUT2D eigenvalue weighted by Crippen LogP contribution is -2.35. The zero-order valence-corrected chi connectivity index (χ0v) is 8.91. The molecule has 3 N–H and O–H groups in total. The van der Waals surface area contributed by atoms with Gasteiger partial charge in [0.1, 0.15) is 0 Å². The van der Waals surface area contributed by atoms with Gasteiger partial charge in [0, 0.05) is 18.9 Å². The van der Waals surface area contributed by atoms with Crippen molar-refractivity contribution in [3.05, 3.63) is 11.7 Å². The molecule has 15 heavy (non-hydrogen) atoms. The average Bonchev–Trinajstić information content (AvgIpc) is 2.68. The Morgan fingerprint density at radius 2 is 2.40 bits per heavy atom. The van der Waals surface area contributed by atoms with Crippen molar-refractivity contribution in [3.8, 4) is 0 Å². The number of hydrogen-bond acceptors (Lipinski definition) is 5. The van der Waals surface area contributed by atoms with Crippen molar-refractivity contribution in [2.75, 3.05) is 13.1 Å². The minimum absolute atomic E-state index is 0.505. The molecular weight excluding hydrogens is 192 g/mol. The summed E-state index contributed by atoms with van der Waals surface area (Å²) in [6.07, 6.45) is 5.31. The molecule has 2 rings (SSSR count). The third kappa shape index (κ3) is 3.00. The maximum Gasteiger partial charge on any atom is 0.228 e. The van der Waals surface area contributed by atoms with Gasteiger partial charge in [-0.3, -0.25) is 0 Å². The fourth-order valence-corrected chi connectivity index (χ4v) is 1.91. The maximum absolute atomic E-state index is 5.42. The molecule has 1 aliphatic heterocycles. The normalized spacial score (nSPS) is 21.8. The van der Waals surface area contributed by atoms with Crippen LogP contribution < -0.4 is 11.1 Å². The van der Waals surface area contributed by atoms with Crippen LogP contribution in [0.5, 0.6) is 0 Å². The van der Waals surface area contributed by atoms with E-state index in [0.29, 0.717) is 19.0 Å². The van der Waals surface area contributed by atoms with Gasteiger partial charge in [-0.25, -0.2) is 0 Å². The van der Waals surface area contributed by atoms with Gasteiger partial charge in [-0.15, -0.1) is 0 Å². The standard InChI is InChI=1S/C10H18N4O/c11-5-4-9-13-10(15-14-9)7-8-3-1-2-6-12-8/h8,12H,1-7,11H2. The van der Waals surface area contributed by atoms with Crippen LogP contribution in [0.4, 0.5) is 0 Å². The van der Waals surface area contributed by atoms with E-state index in [1.807, 2.05) is 0 Å². The Balaban J connectivity index is 1.86. The number of aromatic nitrogens is 2. The van der Waals surface area contributed by atoms with Gasteiger partial charge in [0.05, 0.1) is 0 Å². The van der Waals surface area contributed by atoms with Crippen molar-refractivity contribution < 1.29 is 4.52 Å². The quantitative estimate of drug-likeness (QED) is 0.745. The largest absolute Gasteiger partial charge is 0.339 e. The number of nitrogens with zero attached hydrogens (tertiary/aromatic N) is 2. The molecular formula is C10H18N4O. The van der Waals surface area contributed by atoms with Crippen LogP contribution in [0.15, 0.2) is 4.52 Å². The van der Waals surface area contributed by atoms with E-state index in [2.05, 4.69) is 15.5 Å². The summed E-state index contributed by atoms with van der Waals surface area (Å²) in [5, 5.41) is 7.33. The summed E-state index contributed by atoms with van der Waals surface area (Å²) in [4.78, 5) is 4.30. The van der Waals surface area contributed by atoms with Gasteiger partial charge in [0.2, 0.25) is 5.89 Å². The Kier molecular flexibility index (Phi) is 3.69. The van der Waals surface area contributed by atoms with Crippen LogP contribution in [0.25, 0.3) is 0 Å². The molecule has 0 saturated carbocycles. The Labute approximate surface area is 89.4 Å². The van der Waals surface area contributed by atoms with Gasteiger partial charge in [-0.2, -0.15) is 4.98 Å². The number of piperidine rings is 1. The lowest BCUT2D eigenvalue weighted by molar-refractivity contribution is 0.329. The summed E-state index contributed by atoms with van der Waals surface area (Å²) in [5.41, 5.74) is 5.42. The fourth-order valence-electron chi connectivity index (χ4n) is 1.91. The van der Waals surface area contributed by atoms with E-state index in [0.717, 1.165) is 24.7 Å². The first-order valence-corrected chi connectivity index (χ1v) is 5.63. The Morgan fingerprint density at radius 1 is 1.47 bits per heavy atom. The second-order valence-corrected chi connectivity index (χ2v) is 3.99. The summed E-state index contributed by atoms with van der Waals surface area (Å²) >= 11 is 0. The number of nitrogens with one attached hydrogen (secondary N) is 1. The van der Waals surface area contributed by atoms with E-state index < -0.39 is 0 Å². The van der Waals surface area contributed by atoms with Crippen LogP contribution in [0.1, 0.15) is 31.0 Å². The van der Waals surface area contributed by atoms with Gasteiger partial charge in [0.15, 0.2) is 5.82 Å². The number of rotatable bonds is 4. The molecule has 0 amide bonds. The summed E-state index contributed by atoms with van der Waals surface area (Å²) in [6.45, 7) is 1.68. The molecule has 0 spiro atoms. The summed E-state index contributed by atoms with van der Waals surface area (Å²) in [5.74, 6) is 1.46. The smallest absolute Gasteiger partial charge is 0.228 e. The number of hydrogen-bond donors (Lipinski definition) is 2. The van der Waals surface area contributed by atoms with E-state index in [4.69, 9.17) is 10.3 Å². The van der Waals surface area contributed by atoms with Crippen molar-refractivity contribution >= 4 is 0 Å². The van der Waals surface area contributed by atoms with Crippen LogP contribution in [0.2, 0.25) is 0 Å². The van der Waals surface area contributed by atoms with Crippen molar-refractivity contribution in [1.29, 1.82) is 0 Å². The number of nitrogens with two attached hydrogens (primary N) is 1. The second kappa shape index (κ2) is 5.23. The van der Waals surface area contributed by atoms with Crippen LogP contribution >= 0.6 is 0 Å². The van der Waals surface area contributed by atoms with Crippen LogP contribution in [-0.2, 0) is 12.8 Å². The van der Waals surface area contributed by atoms with Gasteiger partial charge in [-0.1, -0.05) is 11.6 Å². The highest BCUT2D eigenvalue weighted by Crippen LogP contribution is 2.11. The molecule has 1 aromatic rings. The van der Waals surface area contributed by atoms with Crippen molar-refractivity contribution in [1.82, 2.24) is 15.5 Å². The molecule has 1 fully saturated rings. The molecule has 2 heterocycles. The summed E-state index contributed by atoms with van der Waals surface area (Å²) in [6, 6.07) is 0.505. The van der Waals surface area contributed by atoms with Gasteiger partial charge >= 0.3 is 0 Å². The molecule has 1 aromatic heterocycles. The monoisotopic (exact) mass is 210 g/mol. The zero-order chi connectivity index (χ0) is 10.5. The Morgan fingerprint density at radius 3 is 3.13 bits per heavy atom. The van der Waals surface area contributed by atoms with E-state index in [1.54, 1.807) is 0 Å². The summed E-state index contributed by atoms with van der Waals surface area (Å²) in [7, 11) is 0. The van der Waals surface area contributed by atoms with Crippen molar-refractivity contribution in [3.63, 3.8) is 0 Å². The fraction of sp³-hybridized carbons (Fsp3) is 0.800. The highest BCUT2D eigenvalue weighted by atomic mass is 16.5. The first-order valence-electron chi connectivity index (χ1n) is 5.63. The maximum atomic E-state index is 5.42. The molecule has 84 valence electrons. The molecule has 0 bridgehead atoms. The summed E-state index contributed by atoms with van der Waals surface area (Å²) < 4.78 is 5.16. The van der Waals surface area contributed by atoms with E-state index >= 15 is 0 Å². The molecule has 1 saturated heterocycles. The predicted molar refractivity (Wildman–Crippen MR) is 56.4 cm³/mol. The molecule has 0 aliphatic carbocycles. The topological polar surface area (TPSA) is 77.0 Å². The molecule has 5 heteroatoms. The van der Waals surface area contributed by atoms with Crippen molar-refractivity contribution in [2.24, 2.45) is 5.73 Å². The van der Waals surface area contributed by atoms with Gasteiger partial charge in [-0.05, 0) is 25.9 Å². The molecule has 1 unspecified atom stereocenters. The van der Waals surface area contributed by atoms with Gasteiger partial charge < -0.3 is 15.6 Å². The average molecular weight is 210 g/mol. The van der Waals surface area contributed by atoms with Crippen LogP contribution in [0.3, 0.4) is 0 Å². The minimum atomic E-state index is 0.505. The molecule has 0 aromatic carbocycles. The third-order valence-corrected chi connectivity index (χ3v) is 2.71. The highest BCUT2D eigenvalue weighted by Gasteiger charge is 2.16. The zero-order valence-electron chi connectivity index (χ0n) is 8.91. The Hall–Kier alpha value is -0.940. The molecule has 1 atom stereocenters. The SMILES string of the molecule is NCCc1noc(CC2CCCCN2)n1. The second-order valence-electron chi connectivity index (χ2n) is 3.99. The Bertz CT molecular complexity index is 293.